The van der Waals surface area contributed by atoms with Crippen LogP contribution in [-0.2, 0) is 11.0 Å². The Kier molecular flexibility index (Phi) is 6.09. The van der Waals surface area contributed by atoms with Gasteiger partial charge < -0.3 is 10.1 Å². The molecule has 0 aliphatic heterocycles. The molecule has 0 fully saturated rings. The summed E-state index contributed by atoms with van der Waals surface area (Å²) in [5.74, 6) is 0.501. The molecular formula is C21H21F3N4O2. The third-order valence-electron chi connectivity index (χ3n) is 4.23. The number of benzene rings is 2. The van der Waals surface area contributed by atoms with E-state index in [4.69, 9.17) is 4.74 Å². The SMILES string of the molecule is COc1nc(-c2ccc(C(F)(F)F)cc2)n(-c2ccc(NC(=O)CC(C)C)cc2)n1. The van der Waals surface area contributed by atoms with E-state index in [1.165, 1.54) is 23.9 Å². The molecule has 2 aromatic carbocycles. The number of carbonyl (C=O) groups is 1. The van der Waals surface area contributed by atoms with Gasteiger partial charge in [0.25, 0.3) is 0 Å². The van der Waals surface area contributed by atoms with Crippen molar-refractivity contribution in [2.75, 3.05) is 12.4 Å². The zero-order valence-corrected chi connectivity index (χ0v) is 16.7. The number of ether oxygens (including phenoxy) is 1. The summed E-state index contributed by atoms with van der Waals surface area (Å²) in [7, 11) is 1.41. The van der Waals surface area contributed by atoms with Gasteiger partial charge in [0.2, 0.25) is 5.91 Å². The number of aromatic nitrogens is 3. The van der Waals surface area contributed by atoms with Crippen LogP contribution in [-0.4, -0.2) is 27.8 Å². The van der Waals surface area contributed by atoms with Gasteiger partial charge in [0.1, 0.15) is 0 Å². The van der Waals surface area contributed by atoms with Crippen LogP contribution in [0.1, 0.15) is 25.8 Å². The summed E-state index contributed by atoms with van der Waals surface area (Å²) in [5, 5.41) is 7.07. The van der Waals surface area contributed by atoms with E-state index in [1.54, 1.807) is 24.3 Å². The van der Waals surface area contributed by atoms with Gasteiger partial charge in [-0.1, -0.05) is 26.0 Å². The lowest BCUT2D eigenvalue weighted by atomic mass is 10.1. The summed E-state index contributed by atoms with van der Waals surface area (Å²) in [5.41, 5.74) is 0.953. The van der Waals surface area contributed by atoms with Crippen LogP contribution in [0.15, 0.2) is 48.5 Å². The molecule has 1 amide bonds. The van der Waals surface area contributed by atoms with Crippen LogP contribution in [0.4, 0.5) is 18.9 Å². The fraction of sp³-hybridized carbons (Fsp3) is 0.286. The van der Waals surface area contributed by atoms with Crippen molar-refractivity contribution in [3.8, 4) is 23.1 Å². The number of hydrogen-bond acceptors (Lipinski definition) is 4. The normalized spacial score (nSPS) is 11.6. The maximum absolute atomic E-state index is 12.8. The average molecular weight is 418 g/mol. The Hall–Kier alpha value is -3.36. The fourth-order valence-electron chi connectivity index (χ4n) is 2.82. The third-order valence-corrected chi connectivity index (χ3v) is 4.23. The lowest BCUT2D eigenvalue weighted by Gasteiger charge is -2.10. The molecule has 0 radical (unpaired) electrons. The number of methoxy groups -OCH3 is 1. The summed E-state index contributed by atoms with van der Waals surface area (Å²) in [6.45, 7) is 3.92. The highest BCUT2D eigenvalue weighted by Crippen LogP contribution is 2.31. The number of nitrogens with one attached hydrogen (secondary N) is 1. The quantitative estimate of drug-likeness (QED) is 0.615. The first-order chi connectivity index (χ1) is 14.2. The minimum atomic E-state index is -4.42. The standard InChI is InChI=1S/C21H21F3N4O2/c1-13(2)12-18(29)25-16-8-10-17(11-9-16)28-19(26-20(27-28)30-3)14-4-6-15(7-5-14)21(22,23)24/h4-11,13H,12H2,1-3H3,(H,25,29). The second kappa shape index (κ2) is 8.56. The smallest absolute Gasteiger partial charge is 0.416 e. The van der Waals surface area contributed by atoms with Gasteiger partial charge in [-0.15, -0.1) is 5.10 Å². The summed E-state index contributed by atoms with van der Waals surface area (Å²) < 4.78 is 45.1. The third kappa shape index (κ3) is 4.97. The van der Waals surface area contributed by atoms with E-state index < -0.39 is 11.7 Å². The summed E-state index contributed by atoms with van der Waals surface area (Å²) >= 11 is 0. The molecule has 0 aliphatic carbocycles. The predicted molar refractivity (Wildman–Crippen MR) is 106 cm³/mol. The Bertz CT molecular complexity index is 1010. The molecule has 0 unspecified atom stereocenters. The van der Waals surface area contributed by atoms with Gasteiger partial charge in [-0.2, -0.15) is 18.2 Å². The van der Waals surface area contributed by atoms with Crippen molar-refractivity contribution in [2.45, 2.75) is 26.4 Å². The number of alkyl halides is 3. The molecule has 0 atom stereocenters. The number of carbonyl (C=O) groups excluding carboxylic acids is 1. The van der Waals surface area contributed by atoms with Crippen molar-refractivity contribution < 1.29 is 22.7 Å². The molecule has 0 saturated heterocycles. The van der Waals surface area contributed by atoms with Crippen molar-refractivity contribution in [1.29, 1.82) is 0 Å². The molecule has 1 N–H and O–H groups in total. The van der Waals surface area contributed by atoms with Crippen LogP contribution in [0.2, 0.25) is 0 Å². The molecule has 0 saturated carbocycles. The van der Waals surface area contributed by atoms with Gasteiger partial charge in [-0.3, -0.25) is 4.79 Å². The molecule has 1 aromatic heterocycles. The van der Waals surface area contributed by atoms with Crippen molar-refractivity contribution >= 4 is 11.6 Å². The second-order valence-corrected chi connectivity index (χ2v) is 7.10. The first kappa shape index (κ1) is 21.4. The minimum absolute atomic E-state index is 0.0781. The highest BCUT2D eigenvalue weighted by molar-refractivity contribution is 5.90. The molecule has 9 heteroatoms. The molecule has 0 aliphatic rings. The van der Waals surface area contributed by atoms with Crippen LogP contribution in [0.5, 0.6) is 6.01 Å². The number of amides is 1. The van der Waals surface area contributed by atoms with Crippen LogP contribution in [0.3, 0.4) is 0 Å². The van der Waals surface area contributed by atoms with E-state index in [0.29, 0.717) is 29.2 Å². The zero-order valence-electron chi connectivity index (χ0n) is 16.7. The van der Waals surface area contributed by atoms with Gasteiger partial charge in [0.05, 0.1) is 18.4 Å². The van der Waals surface area contributed by atoms with Gasteiger partial charge >= 0.3 is 12.2 Å². The summed E-state index contributed by atoms with van der Waals surface area (Å²) in [4.78, 5) is 16.2. The summed E-state index contributed by atoms with van der Waals surface area (Å²) in [6.07, 6.45) is -4.00. The Morgan fingerprint density at radius 3 is 2.27 bits per heavy atom. The lowest BCUT2D eigenvalue weighted by Crippen LogP contribution is -2.13. The average Bonchev–Trinajstić information content (AvgIpc) is 3.12. The maximum Gasteiger partial charge on any atom is 0.416 e. The van der Waals surface area contributed by atoms with E-state index in [1.807, 2.05) is 13.8 Å². The van der Waals surface area contributed by atoms with E-state index in [-0.39, 0.29) is 17.8 Å². The molecule has 0 spiro atoms. The molecule has 1 heterocycles. The first-order valence-electron chi connectivity index (χ1n) is 9.26. The van der Waals surface area contributed by atoms with E-state index in [0.717, 1.165) is 12.1 Å². The highest BCUT2D eigenvalue weighted by atomic mass is 19.4. The number of nitrogens with zero attached hydrogens (tertiary/aromatic N) is 3. The van der Waals surface area contributed by atoms with E-state index in [2.05, 4.69) is 15.4 Å². The Labute approximate surface area is 171 Å². The van der Waals surface area contributed by atoms with Crippen molar-refractivity contribution in [1.82, 2.24) is 14.8 Å². The largest absolute Gasteiger partial charge is 0.466 e. The van der Waals surface area contributed by atoms with E-state index in [9.17, 15) is 18.0 Å². The van der Waals surface area contributed by atoms with Gasteiger partial charge in [0, 0.05) is 17.7 Å². The topological polar surface area (TPSA) is 69.0 Å². The van der Waals surface area contributed by atoms with Crippen LogP contribution in [0.25, 0.3) is 17.1 Å². The van der Waals surface area contributed by atoms with Crippen molar-refractivity contribution in [3.63, 3.8) is 0 Å². The van der Waals surface area contributed by atoms with Crippen LogP contribution in [0, 0.1) is 5.92 Å². The second-order valence-electron chi connectivity index (χ2n) is 7.10. The molecule has 0 bridgehead atoms. The molecule has 30 heavy (non-hydrogen) atoms. The molecule has 158 valence electrons. The Balaban J connectivity index is 1.89. The Morgan fingerprint density at radius 1 is 1.10 bits per heavy atom. The number of rotatable bonds is 6. The highest BCUT2D eigenvalue weighted by Gasteiger charge is 2.30. The lowest BCUT2D eigenvalue weighted by molar-refractivity contribution is -0.137. The van der Waals surface area contributed by atoms with E-state index >= 15 is 0 Å². The van der Waals surface area contributed by atoms with Crippen LogP contribution >= 0.6 is 0 Å². The number of anilines is 1. The fourth-order valence-corrected chi connectivity index (χ4v) is 2.82. The maximum atomic E-state index is 12.8. The first-order valence-corrected chi connectivity index (χ1v) is 9.26. The molecule has 3 rings (SSSR count). The van der Waals surface area contributed by atoms with Crippen molar-refractivity contribution in [2.24, 2.45) is 5.92 Å². The van der Waals surface area contributed by atoms with Crippen LogP contribution < -0.4 is 10.1 Å². The van der Waals surface area contributed by atoms with Gasteiger partial charge in [-0.05, 0) is 42.3 Å². The zero-order chi connectivity index (χ0) is 21.9. The molecule has 3 aromatic rings. The van der Waals surface area contributed by atoms with Gasteiger partial charge in [0.15, 0.2) is 5.82 Å². The summed E-state index contributed by atoms with van der Waals surface area (Å²) in [6, 6.07) is 11.6. The predicted octanol–water partition coefficient (Wildman–Crippen LogP) is 4.95. The Morgan fingerprint density at radius 2 is 1.73 bits per heavy atom. The van der Waals surface area contributed by atoms with Crippen molar-refractivity contribution in [3.05, 3.63) is 54.1 Å². The number of halogens is 3. The molecular weight excluding hydrogens is 397 g/mol. The minimum Gasteiger partial charge on any atom is -0.466 e. The molecule has 6 nitrogen and oxygen atoms in total. The van der Waals surface area contributed by atoms with Gasteiger partial charge in [-0.25, -0.2) is 4.68 Å². The number of hydrogen-bond donors (Lipinski definition) is 1. The monoisotopic (exact) mass is 418 g/mol.